The quantitative estimate of drug-likeness (QED) is 0.855. The van der Waals surface area contributed by atoms with E-state index in [1.54, 1.807) is 0 Å². The van der Waals surface area contributed by atoms with E-state index in [9.17, 15) is 9.59 Å². The first-order chi connectivity index (χ1) is 10.1. The highest BCUT2D eigenvalue weighted by molar-refractivity contribution is 5.86. The lowest BCUT2D eigenvalue weighted by Crippen LogP contribution is -2.45. The van der Waals surface area contributed by atoms with Crippen molar-refractivity contribution in [3.8, 4) is 0 Å². The molecule has 2 unspecified atom stereocenters. The van der Waals surface area contributed by atoms with Crippen LogP contribution in [0.1, 0.15) is 19.8 Å². The molecular formula is C16H23N3O2. The van der Waals surface area contributed by atoms with E-state index in [0.717, 1.165) is 12.1 Å². The number of carbonyl (C=O) groups is 2. The number of amides is 2. The number of para-hydroxylation sites is 1. The predicted molar refractivity (Wildman–Crippen MR) is 83.1 cm³/mol. The van der Waals surface area contributed by atoms with Gasteiger partial charge in [-0.25, -0.2) is 0 Å². The van der Waals surface area contributed by atoms with E-state index in [2.05, 4.69) is 22.5 Å². The minimum Gasteiger partial charge on any atom is -0.370 e. The van der Waals surface area contributed by atoms with Gasteiger partial charge in [-0.05, 0) is 25.5 Å². The molecule has 0 bridgehead atoms. The second-order valence-corrected chi connectivity index (χ2v) is 5.58. The molecule has 1 saturated heterocycles. The number of carbonyl (C=O) groups excluding carboxylic acids is 2. The van der Waals surface area contributed by atoms with E-state index < -0.39 is 0 Å². The summed E-state index contributed by atoms with van der Waals surface area (Å²) in [4.78, 5) is 25.5. The van der Waals surface area contributed by atoms with Crippen LogP contribution in [0.25, 0.3) is 0 Å². The Morgan fingerprint density at radius 2 is 2.14 bits per heavy atom. The number of rotatable bonds is 5. The van der Waals surface area contributed by atoms with Gasteiger partial charge < -0.3 is 15.5 Å². The van der Waals surface area contributed by atoms with E-state index in [1.165, 1.54) is 0 Å². The van der Waals surface area contributed by atoms with E-state index in [0.29, 0.717) is 19.5 Å². The largest absolute Gasteiger partial charge is 0.370 e. The molecule has 1 aromatic carbocycles. The Balaban J connectivity index is 1.82. The molecule has 1 aromatic rings. The smallest absolute Gasteiger partial charge is 0.223 e. The van der Waals surface area contributed by atoms with Crippen molar-refractivity contribution in [1.29, 1.82) is 0 Å². The fraction of sp³-hybridized carbons (Fsp3) is 0.500. The van der Waals surface area contributed by atoms with Crippen LogP contribution in [0.15, 0.2) is 30.3 Å². The second kappa shape index (κ2) is 7.11. The average Bonchev–Trinajstić information content (AvgIpc) is 2.52. The number of hydrogen-bond donors (Lipinski definition) is 2. The molecule has 5 nitrogen and oxygen atoms in total. The first kappa shape index (κ1) is 15.4. The van der Waals surface area contributed by atoms with Crippen molar-refractivity contribution in [2.24, 2.45) is 5.92 Å². The molecule has 0 saturated carbocycles. The fourth-order valence-corrected chi connectivity index (χ4v) is 2.45. The molecule has 2 N–H and O–H groups in total. The standard InChI is InChI=1S/C16H23N3O2/c1-12(19(2)14-6-4-3-5-7-14)11-18-16(21)13-8-9-17-15(20)10-13/h3-7,12-13H,8-11H2,1-2H3,(H,17,20)(H,18,21). The van der Waals surface area contributed by atoms with E-state index >= 15 is 0 Å². The predicted octanol–water partition coefficient (Wildman–Crippen LogP) is 1.15. The maximum absolute atomic E-state index is 12.1. The molecule has 1 aliphatic rings. The number of nitrogens with zero attached hydrogens (tertiary/aromatic N) is 1. The Hall–Kier alpha value is -2.04. The Morgan fingerprint density at radius 1 is 1.43 bits per heavy atom. The lowest BCUT2D eigenvalue weighted by atomic mass is 9.96. The maximum atomic E-state index is 12.1. The molecule has 0 aliphatic carbocycles. The average molecular weight is 289 g/mol. The highest BCUT2D eigenvalue weighted by atomic mass is 16.2. The summed E-state index contributed by atoms with van der Waals surface area (Å²) in [5, 5.41) is 5.71. The van der Waals surface area contributed by atoms with Crippen LogP contribution in [0.4, 0.5) is 5.69 Å². The summed E-state index contributed by atoms with van der Waals surface area (Å²) < 4.78 is 0. The zero-order valence-electron chi connectivity index (χ0n) is 12.6. The monoisotopic (exact) mass is 289 g/mol. The lowest BCUT2D eigenvalue weighted by Gasteiger charge is -2.28. The minimum absolute atomic E-state index is 0.0156. The van der Waals surface area contributed by atoms with Crippen LogP contribution in [-0.4, -0.2) is 38.0 Å². The van der Waals surface area contributed by atoms with Crippen molar-refractivity contribution in [3.05, 3.63) is 30.3 Å². The highest BCUT2D eigenvalue weighted by Gasteiger charge is 2.25. The van der Waals surface area contributed by atoms with Crippen LogP contribution < -0.4 is 15.5 Å². The van der Waals surface area contributed by atoms with Crippen molar-refractivity contribution in [3.63, 3.8) is 0 Å². The van der Waals surface area contributed by atoms with Gasteiger partial charge in [0.05, 0.1) is 0 Å². The van der Waals surface area contributed by atoms with E-state index in [4.69, 9.17) is 0 Å². The van der Waals surface area contributed by atoms with Gasteiger partial charge in [0.25, 0.3) is 0 Å². The van der Waals surface area contributed by atoms with Gasteiger partial charge in [0.15, 0.2) is 0 Å². The Kier molecular flexibility index (Phi) is 5.20. The lowest BCUT2D eigenvalue weighted by molar-refractivity contribution is -0.132. The molecule has 1 heterocycles. The third-order valence-electron chi connectivity index (χ3n) is 4.01. The number of likely N-dealkylation sites (N-methyl/N-ethyl adjacent to an activating group) is 1. The van der Waals surface area contributed by atoms with Gasteiger partial charge in [-0.2, -0.15) is 0 Å². The van der Waals surface area contributed by atoms with Crippen LogP contribution in [-0.2, 0) is 9.59 Å². The van der Waals surface area contributed by atoms with E-state index in [1.807, 2.05) is 37.4 Å². The van der Waals surface area contributed by atoms with Crippen molar-refractivity contribution in [1.82, 2.24) is 10.6 Å². The number of nitrogens with one attached hydrogen (secondary N) is 2. The summed E-state index contributed by atoms with van der Waals surface area (Å²) in [6, 6.07) is 10.3. The number of piperidine rings is 1. The molecule has 0 aromatic heterocycles. The molecule has 2 rings (SSSR count). The first-order valence-electron chi connectivity index (χ1n) is 7.40. The summed E-state index contributed by atoms with van der Waals surface area (Å²) in [6.45, 7) is 3.24. The molecule has 114 valence electrons. The molecule has 0 radical (unpaired) electrons. The summed E-state index contributed by atoms with van der Waals surface area (Å²) in [5.74, 6) is -0.234. The van der Waals surface area contributed by atoms with Crippen LogP contribution in [0.3, 0.4) is 0 Å². The molecule has 21 heavy (non-hydrogen) atoms. The molecule has 5 heteroatoms. The first-order valence-corrected chi connectivity index (χ1v) is 7.40. The van der Waals surface area contributed by atoms with Gasteiger partial charge in [-0.3, -0.25) is 9.59 Å². The van der Waals surface area contributed by atoms with Crippen molar-refractivity contribution in [2.75, 3.05) is 25.0 Å². The third kappa shape index (κ3) is 4.21. The SMILES string of the molecule is CC(CNC(=O)C1CCNC(=O)C1)N(C)c1ccccc1. The Bertz CT molecular complexity index is 490. The number of hydrogen-bond acceptors (Lipinski definition) is 3. The van der Waals surface area contributed by atoms with Gasteiger partial charge in [0, 0.05) is 44.2 Å². The minimum atomic E-state index is -0.187. The van der Waals surface area contributed by atoms with Crippen LogP contribution in [0, 0.1) is 5.92 Å². The molecular weight excluding hydrogens is 266 g/mol. The van der Waals surface area contributed by atoms with Crippen molar-refractivity contribution in [2.45, 2.75) is 25.8 Å². The summed E-state index contributed by atoms with van der Waals surface area (Å²) in [6.07, 6.45) is 1.02. The zero-order valence-corrected chi connectivity index (χ0v) is 12.6. The normalized spacial score (nSPS) is 19.5. The van der Waals surface area contributed by atoms with Gasteiger partial charge in [-0.15, -0.1) is 0 Å². The highest BCUT2D eigenvalue weighted by Crippen LogP contribution is 2.15. The van der Waals surface area contributed by atoms with E-state index in [-0.39, 0.29) is 23.8 Å². The fourth-order valence-electron chi connectivity index (χ4n) is 2.45. The van der Waals surface area contributed by atoms with Crippen LogP contribution in [0.2, 0.25) is 0 Å². The summed E-state index contributed by atoms with van der Waals surface area (Å²) >= 11 is 0. The van der Waals surface area contributed by atoms with Crippen molar-refractivity contribution < 1.29 is 9.59 Å². The van der Waals surface area contributed by atoms with Gasteiger partial charge in [-0.1, -0.05) is 18.2 Å². The summed E-state index contributed by atoms with van der Waals surface area (Å²) in [7, 11) is 2.01. The molecule has 1 fully saturated rings. The topological polar surface area (TPSA) is 61.4 Å². The van der Waals surface area contributed by atoms with Gasteiger partial charge >= 0.3 is 0 Å². The Morgan fingerprint density at radius 3 is 2.81 bits per heavy atom. The number of anilines is 1. The molecule has 2 atom stereocenters. The summed E-state index contributed by atoms with van der Waals surface area (Å²) in [5.41, 5.74) is 1.12. The number of benzene rings is 1. The van der Waals surface area contributed by atoms with Crippen LogP contribution in [0.5, 0.6) is 0 Å². The van der Waals surface area contributed by atoms with Gasteiger partial charge in [0.2, 0.25) is 11.8 Å². The molecule has 2 amide bonds. The molecule has 0 spiro atoms. The third-order valence-corrected chi connectivity index (χ3v) is 4.01. The van der Waals surface area contributed by atoms with Gasteiger partial charge in [0.1, 0.15) is 0 Å². The Labute approximate surface area is 125 Å². The van der Waals surface area contributed by atoms with Crippen molar-refractivity contribution >= 4 is 17.5 Å². The maximum Gasteiger partial charge on any atom is 0.223 e. The second-order valence-electron chi connectivity index (χ2n) is 5.58. The van der Waals surface area contributed by atoms with Crippen LogP contribution >= 0.6 is 0 Å². The molecule has 1 aliphatic heterocycles. The zero-order chi connectivity index (χ0) is 15.2.